The topological polar surface area (TPSA) is 94.4 Å². The summed E-state index contributed by atoms with van der Waals surface area (Å²) in [5.41, 5.74) is 6.45. The summed E-state index contributed by atoms with van der Waals surface area (Å²) in [6.07, 6.45) is 1.58. The Morgan fingerprint density at radius 3 is 2.55 bits per heavy atom. The average molecular weight is 275 g/mol. The maximum atomic E-state index is 9.30. The van der Waals surface area contributed by atoms with Gasteiger partial charge in [0.25, 0.3) is 0 Å². The molecule has 1 fully saturated rings. The molecule has 106 valence electrons. The van der Waals surface area contributed by atoms with Crippen LogP contribution in [0.4, 0.5) is 0 Å². The number of hydrogen-bond acceptors (Lipinski definition) is 6. The highest BCUT2D eigenvalue weighted by molar-refractivity contribution is 5.55. The van der Waals surface area contributed by atoms with Gasteiger partial charge in [-0.25, -0.2) is 0 Å². The van der Waals surface area contributed by atoms with Crippen LogP contribution in [-0.2, 0) is 10.2 Å². The maximum Gasteiger partial charge on any atom is 0.234 e. The first kappa shape index (κ1) is 13.1. The second-order valence-electron chi connectivity index (χ2n) is 5.07. The minimum absolute atomic E-state index is 0.209. The van der Waals surface area contributed by atoms with Gasteiger partial charge in [-0.05, 0) is 37.1 Å². The summed E-state index contributed by atoms with van der Waals surface area (Å²) in [6, 6.07) is 6.70. The molecular weight excluding hydrogens is 258 g/mol. The second kappa shape index (κ2) is 5.22. The SMILES string of the molecule is NCC1(c2nc(-c3ccc(O)cc3)no2)CCOCC1. The molecule has 0 saturated carbocycles. The molecule has 1 aliphatic heterocycles. The third-order valence-corrected chi connectivity index (χ3v) is 3.85. The van der Waals surface area contributed by atoms with E-state index in [2.05, 4.69) is 10.1 Å². The quantitative estimate of drug-likeness (QED) is 0.880. The van der Waals surface area contributed by atoms with Crippen molar-refractivity contribution in [2.24, 2.45) is 5.73 Å². The largest absolute Gasteiger partial charge is 0.508 e. The van der Waals surface area contributed by atoms with E-state index >= 15 is 0 Å². The van der Waals surface area contributed by atoms with Crippen molar-refractivity contribution < 1.29 is 14.4 Å². The number of phenols is 1. The van der Waals surface area contributed by atoms with E-state index < -0.39 is 0 Å². The Labute approximate surface area is 116 Å². The molecule has 1 aromatic carbocycles. The van der Waals surface area contributed by atoms with E-state index in [4.69, 9.17) is 15.0 Å². The molecule has 1 saturated heterocycles. The number of nitrogens with zero attached hydrogens (tertiary/aromatic N) is 2. The normalized spacial score (nSPS) is 18.1. The van der Waals surface area contributed by atoms with E-state index in [1.165, 1.54) is 0 Å². The monoisotopic (exact) mass is 275 g/mol. The maximum absolute atomic E-state index is 9.30. The van der Waals surface area contributed by atoms with Crippen molar-refractivity contribution in [3.63, 3.8) is 0 Å². The highest BCUT2D eigenvalue weighted by Crippen LogP contribution is 2.33. The summed E-state index contributed by atoms with van der Waals surface area (Å²) in [4.78, 5) is 4.48. The van der Waals surface area contributed by atoms with Crippen LogP contribution >= 0.6 is 0 Å². The molecule has 3 N–H and O–H groups in total. The Morgan fingerprint density at radius 2 is 1.90 bits per heavy atom. The zero-order valence-corrected chi connectivity index (χ0v) is 11.1. The smallest absolute Gasteiger partial charge is 0.234 e. The first-order valence-corrected chi connectivity index (χ1v) is 6.65. The molecule has 0 spiro atoms. The lowest BCUT2D eigenvalue weighted by molar-refractivity contribution is 0.0409. The number of benzene rings is 1. The predicted octanol–water partition coefficient (Wildman–Crippen LogP) is 1.45. The highest BCUT2D eigenvalue weighted by atomic mass is 16.5. The van der Waals surface area contributed by atoms with Crippen LogP contribution in [-0.4, -0.2) is 35.0 Å². The Kier molecular flexibility index (Phi) is 3.42. The molecule has 1 aromatic heterocycles. The number of ether oxygens (including phenoxy) is 1. The predicted molar refractivity (Wildman–Crippen MR) is 72.2 cm³/mol. The van der Waals surface area contributed by atoms with Crippen LogP contribution in [0.2, 0.25) is 0 Å². The van der Waals surface area contributed by atoms with Crippen molar-refractivity contribution in [2.75, 3.05) is 19.8 Å². The lowest BCUT2D eigenvalue weighted by Crippen LogP contribution is -2.40. The Balaban J connectivity index is 1.91. The lowest BCUT2D eigenvalue weighted by atomic mass is 9.80. The fourth-order valence-electron chi connectivity index (χ4n) is 2.43. The van der Waals surface area contributed by atoms with Gasteiger partial charge in [-0.2, -0.15) is 4.98 Å². The molecule has 2 aromatic rings. The summed E-state index contributed by atoms with van der Waals surface area (Å²) in [5, 5.41) is 13.3. The Bertz CT molecular complexity index is 574. The number of aromatic nitrogens is 2. The Morgan fingerprint density at radius 1 is 1.20 bits per heavy atom. The van der Waals surface area contributed by atoms with Crippen LogP contribution < -0.4 is 5.73 Å². The third-order valence-electron chi connectivity index (χ3n) is 3.85. The van der Waals surface area contributed by atoms with Crippen molar-refractivity contribution in [1.29, 1.82) is 0 Å². The fourth-order valence-corrected chi connectivity index (χ4v) is 2.43. The van der Waals surface area contributed by atoms with Gasteiger partial charge in [-0.1, -0.05) is 5.16 Å². The van der Waals surface area contributed by atoms with Crippen LogP contribution in [0, 0.1) is 0 Å². The van der Waals surface area contributed by atoms with Crippen LogP contribution in [0.15, 0.2) is 28.8 Å². The molecule has 2 heterocycles. The van der Waals surface area contributed by atoms with Crippen LogP contribution in [0.1, 0.15) is 18.7 Å². The summed E-state index contributed by atoms with van der Waals surface area (Å²) < 4.78 is 10.8. The van der Waals surface area contributed by atoms with Crippen molar-refractivity contribution in [1.82, 2.24) is 10.1 Å². The van der Waals surface area contributed by atoms with Gasteiger partial charge in [0.15, 0.2) is 0 Å². The van der Waals surface area contributed by atoms with Gasteiger partial charge in [0.2, 0.25) is 11.7 Å². The van der Waals surface area contributed by atoms with Crippen LogP contribution in [0.25, 0.3) is 11.4 Å². The van der Waals surface area contributed by atoms with Crippen molar-refractivity contribution >= 4 is 0 Å². The number of nitrogens with two attached hydrogens (primary N) is 1. The van der Waals surface area contributed by atoms with Gasteiger partial charge in [0.05, 0.1) is 5.41 Å². The standard InChI is InChI=1S/C14H17N3O3/c15-9-14(5-7-19-8-6-14)13-16-12(17-20-13)10-1-3-11(18)4-2-10/h1-4,18H,5-9,15H2. The molecule has 6 nitrogen and oxygen atoms in total. The van der Waals surface area contributed by atoms with Gasteiger partial charge in [-0.3, -0.25) is 0 Å². The fraction of sp³-hybridized carbons (Fsp3) is 0.429. The lowest BCUT2D eigenvalue weighted by Gasteiger charge is -2.32. The van der Waals surface area contributed by atoms with Gasteiger partial charge < -0.3 is 20.1 Å². The van der Waals surface area contributed by atoms with Gasteiger partial charge in [-0.15, -0.1) is 0 Å². The van der Waals surface area contributed by atoms with Crippen LogP contribution in [0.3, 0.4) is 0 Å². The van der Waals surface area contributed by atoms with Crippen LogP contribution in [0.5, 0.6) is 5.75 Å². The van der Waals surface area contributed by atoms with E-state index in [1.807, 2.05) is 0 Å². The number of phenolic OH excluding ortho intramolecular Hbond substituents is 1. The summed E-state index contributed by atoms with van der Waals surface area (Å²) in [5.74, 6) is 1.30. The van der Waals surface area contributed by atoms with E-state index in [0.717, 1.165) is 18.4 Å². The number of hydrogen-bond donors (Lipinski definition) is 2. The minimum Gasteiger partial charge on any atom is -0.508 e. The molecule has 0 radical (unpaired) electrons. The van der Waals surface area contributed by atoms with Gasteiger partial charge >= 0.3 is 0 Å². The first-order chi connectivity index (χ1) is 9.73. The molecule has 0 aliphatic carbocycles. The molecule has 0 bridgehead atoms. The number of aromatic hydroxyl groups is 1. The number of rotatable bonds is 3. The van der Waals surface area contributed by atoms with E-state index in [9.17, 15) is 5.11 Å². The first-order valence-electron chi connectivity index (χ1n) is 6.65. The highest BCUT2D eigenvalue weighted by Gasteiger charge is 2.38. The average Bonchev–Trinajstić information content (AvgIpc) is 2.99. The molecule has 6 heteroatoms. The van der Waals surface area contributed by atoms with Gasteiger partial charge in [0.1, 0.15) is 5.75 Å². The second-order valence-corrected chi connectivity index (χ2v) is 5.07. The molecule has 20 heavy (non-hydrogen) atoms. The minimum atomic E-state index is -0.277. The summed E-state index contributed by atoms with van der Waals surface area (Å²) >= 11 is 0. The van der Waals surface area contributed by atoms with Gasteiger partial charge in [0, 0.05) is 25.3 Å². The molecule has 3 rings (SSSR count). The zero-order chi connectivity index (χ0) is 14.0. The molecule has 0 atom stereocenters. The Hall–Kier alpha value is -1.92. The van der Waals surface area contributed by atoms with Crippen molar-refractivity contribution in [3.8, 4) is 17.1 Å². The molecule has 0 amide bonds. The third kappa shape index (κ3) is 2.28. The molecule has 1 aliphatic rings. The summed E-state index contributed by atoms with van der Waals surface area (Å²) in [6.45, 7) is 1.79. The summed E-state index contributed by atoms with van der Waals surface area (Å²) in [7, 11) is 0. The van der Waals surface area contributed by atoms with Crippen molar-refractivity contribution in [2.45, 2.75) is 18.3 Å². The zero-order valence-electron chi connectivity index (χ0n) is 11.1. The van der Waals surface area contributed by atoms with E-state index in [1.54, 1.807) is 24.3 Å². The molecular formula is C14H17N3O3. The molecule has 0 unspecified atom stereocenters. The van der Waals surface area contributed by atoms with E-state index in [0.29, 0.717) is 31.5 Å². The van der Waals surface area contributed by atoms with Crippen molar-refractivity contribution in [3.05, 3.63) is 30.2 Å². The van der Waals surface area contributed by atoms with E-state index in [-0.39, 0.29) is 11.2 Å².